The number of carbonyl (C=O) groups excluding carboxylic acids is 1. The lowest BCUT2D eigenvalue weighted by atomic mass is 9.97. The fraction of sp³-hybridized carbons (Fsp3) is 0.300. The van der Waals surface area contributed by atoms with Gasteiger partial charge in [-0.25, -0.2) is 0 Å². The fourth-order valence-electron chi connectivity index (χ4n) is 1.61. The number of amides is 1. The van der Waals surface area contributed by atoms with Crippen LogP contribution in [0, 0.1) is 6.92 Å². The van der Waals surface area contributed by atoms with Crippen molar-refractivity contribution in [2.45, 2.75) is 19.4 Å². The largest absolute Gasteiger partial charge is 0.326 e. The molecule has 1 atom stereocenters. The molecule has 0 aromatic heterocycles. The van der Waals surface area contributed by atoms with E-state index in [9.17, 15) is 4.79 Å². The highest BCUT2D eigenvalue weighted by atomic mass is 16.1. The number of benzene rings is 1. The van der Waals surface area contributed by atoms with Crippen molar-refractivity contribution in [3.8, 4) is 0 Å². The summed E-state index contributed by atoms with van der Waals surface area (Å²) in [4.78, 5) is 11.2. The van der Waals surface area contributed by atoms with Gasteiger partial charge in [-0.3, -0.25) is 4.79 Å². The van der Waals surface area contributed by atoms with E-state index in [2.05, 4.69) is 5.32 Å². The molecule has 0 aliphatic carbocycles. The van der Waals surface area contributed by atoms with E-state index < -0.39 is 0 Å². The zero-order chi connectivity index (χ0) is 9.42. The Bertz CT molecular complexity index is 360. The Hall–Kier alpha value is -1.35. The van der Waals surface area contributed by atoms with E-state index in [0.717, 1.165) is 16.8 Å². The maximum atomic E-state index is 11.2. The van der Waals surface area contributed by atoms with Crippen molar-refractivity contribution in [2.24, 2.45) is 5.73 Å². The zero-order valence-corrected chi connectivity index (χ0v) is 7.50. The van der Waals surface area contributed by atoms with Gasteiger partial charge in [0.15, 0.2) is 0 Å². The Balaban J connectivity index is 2.49. The Morgan fingerprint density at radius 1 is 1.54 bits per heavy atom. The van der Waals surface area contributed by atoms with Gasteiger partial charge in [0.25, 0.3) is 0 Å². The predicted octanol–water partition coefficient (Wildman–Crippen LogP) is 1.34. The molecule has 0 spiro atoms. The maximum absolute atomic E-state index is 11.2. The van der Waals surface area contributed by atoms with Crippen molar-refractivity contribution < 1.29 is 4.79 Å². The summed E-state index contributed by atoms with van der Waals surface area (Å²) in [5.74, 6) is 0.00519. The number of fused-ring (bicyclic) bond motifs is 1. The third-order valence-electron chi connectivity index (χ3n) is 2.29. The Labute approximate surface area is 76.9 Å². The van der Waals surface area contributed by atoms with Gasteiger partial charge in [0, 0.05) is 18.2 Å². The second kappa shape index (κ2) is 2.85. The molecule has 3 heteroatoms. The van der Waals surface area contributed by atoms with Crippen molar-refractivity contribution in [2.75, 3.05) is 5.32 Å². The normalized spacial score (nSPS) is 20.8. The first-order valence-corrected chi connectivity index (χ1v) is 4.33. The van der Waals surface area contributed by atoms with E-state index in [1.54, 1.807) is 0 Å². The minimum atomic E-state index is -0.149. The van der Waals surface area contributed by atoms with Crippen LogP contribution in [0.1, 0.15) is 23.6 Å². The minimum absolute atomic E-state index is 0.00519. The number of nitrogens with one attached hydrogen (secondary N) is 1. The van der Waals surface area contributed by atoms with Gasteiger partial charge in [0.2, 0.25) is 5.91 Å². The number of hydrogen-bond donors (Lipinski definition) is 2. The average molecular weight is 176 g/mol. The quantitative estimate of drug-likeness (QED) is 0.626. The average Bonchev–Trinajstić information content (AvgIpc) is 2.02. The molecule has 1 amide bonds. The lowest BCUT2D eigenvalue weighted by molar-refractivity contribution is -0.116. The minimum Gasteiger partial charge on any atom is -0.326 e. The molecule has 1 aliphatic heterocycles. The zero-order valence-electron chi connectivity index (χ0n) is 7.50. The second-order valence-corrected chi connectivity index (χ2v) is 3.45. The number of hydrogen-bond acceptors (Lipinski definition) is 2. The van der Waals surface area contributed by atoms with E-state index in [4.69, 9.17) is 5.73 Å². The summed E-state index contributed by atoms with van der Waals surface area (Å²) in [5.41, 5.74) is 8.86. The van der Waals surface area contributed by atoms with Crippen LogP contribution in [0.4, 0.5) is 5.69 Å². The third-order valence-corrected chi connectivity index (χ3v) is 2.29. The summed E-state index contributed by atoms with van der Waals surface area (Å²) < 4.78 is 0. The van der Waals surface area contributed by atoms with Crippen LogP contribution < -0.4 is 11.1 Å². The van der Waals surface area contributed by atoms with E-state index in [0.29, 0.717) is 6.42 Å². The topological polar surface area (TPSA) is 55.1 Å². The smallest absolute Gasteiger partial charge is 0.226 e. The van der Waals surface area contributed by atoms with Gasteiger partial charge >= 0.3 is 0 Å². The van der Waals surface area contributed by atoms with Crippen molar-refractivity contribution in [3.63, 3.8) is 0 Å². The van der Waals surface area contributed by atoms with Crippen LogP contribution in [0.5, 0.6) is 0 Å². The summed E-state index contributed by atoms with van der Waals surface area (Å²) in [5, 5.41) is 2.81. The number of rotatable bonds is 0. The van der Waals surface area contributed by atoms with E-state index in [-0.39, 0.29) is 11.9 Å². The van der Waals surface area contributed by atoms with Crippen LogP contribution in [-0.2, 0) is 4.79 Å². The molecule has 1 unspecified atom stereocenters. The van der Waals surface area contributed by atoms with Crippen molar-refractivity contribution in [1.29, 1.82) is 0 Å². The van der Waals surface area contributed by atoms with Gasteiger partial charge in [0.1, 0.15) is 0 Å². The van der Waals surface area contributed by atoms with Crippen LogP contribution in [0.2, 0.25) is 0 Å². The molecule has 0 bridgehead atoms. The van der Waals surface area contributed by atoms with Gasteiger partial charge in [-0.2, -0.15) is 0 Å². The van der Waals surface area contributed by atoms with E-state index in [1.807, 2.05) is 25.1 Å². The lowest BCUT2D eigenvalue weighted by Gasteiger charge is -2.22. The van der Waals surface area contributed by atoms with Crippen molar-refractivity contribution in [3.05, 3.63) is 29.3 Å². The second-order valence-electron chi connectivity index (χ2n) is 3.45. The van der Waals surface area contributed by atoms with Crippen molar-refractivity contribution in [1.82, 2.24) is 0 Å². The molecule has 0 saturated carbocycles. The number of nitrogens with two attached hydrogens (primary N) is 1. The molecule has 13 heavy (non-hydrogen) atoms. The van der Waals surface area contributed by atoms with Crippen LogP contribution in [0.15, 0.2) is 18.2 Å². The summed E-state index contributed by atoms with van der Waals surface area (Å²) in [6.45, 7) is 1.99. The van der Waals surface area contributed by atoms with Gasteiger partial charge in [-0.15, -0.1) is 0 Å². The van der Waals surface area contributed by atoms with E-state index >= 15 is 0 Å². The van der Waals surface area contributed by atoms with Gasteiger partial charge < -0.3 is 11.1 Å². The molecule has 2 rings (SSSR count). The first-order chi connectivity index (χ1) is 6.16. The first-order valence-electron chi connectivity index (χ1n) is 4.33. The third kappa shape index (κ3) is 1.42. The highest BCUT2D eigenvalue weighted by molar-refractivity contribution is 5.94. The fourth-order valence-corrected chi connectivity index (χ4v) is 1.61. The molecular weight excluding hydrogens is 164 g/mol. The Kier molecular flexibility index (Phi) is 1.81. The molecular formula is C10H12N2O. The van der Waals surface area contributed by atoms with Gasteiger partial charge in [-0.05, 0) is 24.1 Å². The summed E-state index contributed by atoms with van der Waals surface area (Å²) >= 11 is 0. The van der Waals surface area contributed by atoms with Crippen LogP contribution >= 0.6 is 0 Å². The molecule has 68 valence electrons. The molecule has 3 N–H and O–H groups in total. The summed E-state index contributed by atoms with van der Waals surface area (Å²) in [7, 11) is 0. The standard InChI is InChI=1S/C10H12N2O/c1-6-2-3-7-8(11)5-10(13)12-9(7)4-6/h2-4,8H,5,11H2,1H3,(H,12,13). The number of carbonyl (C=O) groups is 1. The first kappa shape index (κ1) is 8.26. The highest BCUT2D eigenvalue weighted by Crippen LogP contribution is 2.29. The lowest BCUT2D eigenvalue weighted by Crippen LogP contribution is -2.27. The summed E-state index contributed by atoms with van der Waals surface area (Å²) in [6, 6.07) is 5.79. The number of aryl methyl sites for hydroxylation is 1. The molecule has 1 aromatic rings. The Morgan fingerprint density at radius 3 is 3.08 bits per heavy atom. The van der Waals surface area contributed by atoms with Gasteiger partial charge in [0.05, 0.1) is 0 Å². The van der Waals surface area contributed by atoms with Crippen LogP contribution in [-0.4, -0.2) is 5.91 Å². The van der Waals surface area contributed by atoms with Crippen LogP contribution in [0.25, 0.3) is 0 Å². The summed E-state index contributed by atoms with van der Waals surface area (Å²) in [6.07, 6.45) is 0.385. The molecule has 0 radical (unpaired) electrons. The molecule has 1 aliphatic rings. The number of anilines is 1. The predicted molar refractivity (Wildman–Crippen MR) is 51.4 cm³/mol. The molecule has 0 fully saturated rings. The Morgan fingerprint density at radius 2 is 2.31 bits per heavy atom. The maximum Gasteiger partial charge on any atom is 0.226 e. The SMILES string of the molecule is Cc1ccc2c(c1)NC(=O)CC2N. The van der Waals surface area contributed by atoms with Crippen molar-refractivity contribution >= 4 is 11.6 Å². The van der Waals surface area contributed by atoms with Crippen LogP contribution in [0.3, 0.4) is 0 Å². The molecule has 3 nitrogen and oxygen atoms in total. The molecule has 1 aromatic carbocycles. The molecule has 0 saturated heterocycles. The highest BCUT2D eigenvalue weighted by Gasteiger charge is 2.21. The molecule has 1 heterocycles. The van der Waals surface area contributed by atoms with E-state index in [1.165, 1.54) is 0 Å². The monoisotopic (exact) mass is 176 g/mol. The van der Waals surface area contributed by atoms with Gasteiger partial charge in [-0.1, -0.05) is 12.1 Å².